The zero-order chi connectivity index (χ0) is 19.7. The number of pyridine rings is 1. The molecule has 0 amide bonds. The van der Waals surface area contributed by atoms with Crippen LogP contribution < -0.4 is 0 Å². The van der Waals surface area contributed by atoms with Gasteiger partial charge in [0.2, 0.25) is 0 Å². The fraction of sp³-hybridized carbons (Fsp3) is 0.263. The summed E-state index contributed by atoms with van der Waals surface area (Å²) in [6.07, 6.45) is 3.34. The van der Waals surface area contributed by atoms with Gasteiger partial charge in [0.05, 0.1) is 22.8 Å². The second kappa shape index (κ2) is 7.48. The van der Waals surface area contributed by atoms with E-state index < -0.39 is 9.00 Å². The lowest BCUT2D eigenvalue weighted by Crippen LogP contribution is -2.29. The molecule has 1 aliphatic heterocycles. The summed E-state index contributed by atoms with van der Waals surface area (Å²) in [6.45, 7) is 2.04. The second-order valence-electron chi connectivity index (χ2n) is 6.10. The Hall–Kier alpha value is -2.52. The van der Waals surface area contributed by atoms with Crippen LogP contribution in [0.1, 0.15) is 12.5 Å². The van der Waals surface area contributed by atoms with Gasteiger partial charge >= 0.3 is 5.97 Å². The third-order valence-electron chi connectivity index (χ3n) is 4.54. The van der Waals surface area contributed by atoms with E-state index in [-0.39, 0.29) is 18.3 Å². The molecule has 0 unspecified atom stereocenters. The van der Waals surface area contributed by atoms with E-state index in [4.69, 9.17) is 4.74 Å². The number of aromatic amines is 1. The monoisotopic (exact) mass is 415 g/mol. The third kappa shape index (κ3) is 2.94. The van der Waals surface area contributed by atoms with E-state index in [1.54, 1.807) is 43.6 Å². The largest absolute Gasteiger partial charge is 0.464 e. The molecule has 0 aliphatic carbocycles. The molecular weight excluding hydrogens is 398 g/mol. The summed E-state index contributed by atoms with van der Waals surface area (Å²) in [7, 11) is 0. The number of fused-ring (bicyclic) bond motifs is 1. The van der Waals surface area contributed by atoms with Crippen LogP contribution in [0.2, 0.25) is 0 Å². The first-order valence-corrected chi connectivity index (χ1v) is 10.7. The molecule has 0 saturated carbocycles. The Morgan fingerprint density at radius 1 is 1.32 bits per heavy atom. The number of thioether (sulfide) groups is 2. The summed E-state index contributed by atoms with van der Waals surface area (Å²) in [5.74, 6) is 1.23. The molecule has 4 rings (SSSR count). The Morgan fingerprint density at radius 3 is 2.79 bits per heavy atom. The average molecular weight is 415 g/mol. The number of aromatic nitrogens is 2. The summed E-state index contributed by atoms with van der Waals surface area (Å²) in [6, 6.07) is 8.35. The standard InChI is InChI=1S/C19H17N3O4S2/c1-2-26-18(23)19(27-9-10-28-19)16-13-11-20-8-7-14(13)21-17(16)12-5-3-4-6-15(12)22(24)25/h3-8,11,21H,2,9-10H2,1H3. The maximum atomic E-state index is 13.1. The van der Waals surface area contributed by atoms with Crippen molar-refractivity contribution in [3.05, 3.63) is 58.4 Å². The van der Waals surface area contributed by atoms with Gasteiger partial charge in [0, 0.05) is 46.4 Å². The Morgan fingerprint density at radius 2 is 2.07 bits per heavy atom. The van der Waals surface area contributed by atoms with Crippen molar-refractivity contribution in [3.8, 4) is 11.3 Å². The Kier molecular flexibility index (Phi) is 5.03. The minimum atomic E-state index is -0.990. The molecule has 1 aliphatic rings. The van der Waals surface area contributed by atoms with Crippen molar-refractivity contribution in [3.63, 3.8) is 0 Å². The zero-order valence-corrected chi connectivity index (χ0v) is 16.6. The molecule has 28 heavy (non-hydrogen) atoms. The number of esters is 1. The first-order chi connectivity index (χ1) is 13.6. The molecule has 1 fully saturated rings. The van der Waals surface area contributed by atoms with E-state index in [1.807, 2.05) is 0 Å². The normalized spacial score (nSPS) is 15.6. The van der Waals surface area contributed by atoms with Gasteiger partial charge in [-0.1, -0.05) is 12.1 Å². The number of nitro groups is 1. The maximum Gasteiger partial charge on any atom is 0.337 e. The predicted octanol–water partition coefficient (Wildman–Crippen LogP) is 4.33. The molecule has 0 atom stereocenters. The van der Waals surface area contributed by atoms with Gasteiger partial charge in [0.25, 0.3) is 5.69 Å². The summed E-state index contributed by atoms with van der Waals surface area (Å²) in [5, 5.41) is 12.4. The molecule has 0 radical (unpaired) electrons. The summed E-state index contributed by atoms with van der Waals surface area (Å²) in [5.41, 5.74) is 2.45. The van der Waals surface area contributed by atoms with Gasteiger partial charge in [-0.05, 0) is 19.1 Å². The molecule has 2 aromatic heterocycles. The minimum Gasteiger partial charge on any atom is -0.464 e. The smallest absolute Gasteiger partial charge is 0.337 e. The van der Waals surface area contributed by atoms with E-state index in [9.17, 15) is 14.9 Å². The number of benzene rings is 1. The van der Waals surface area contributed by atoms with Crippen molar-refractivity contribution in [2.75, 3.05) is 18.1 Å². The number of H-pyrrole nitrogens is 1. The predicted molar refractivity (Wildman–Crippen MR) is 111 cm³/mol. The minimum absolute atomic E-state index is 0.0183. The van der Waals surface area contributed by atoms with Crippen LogP contribution in [0.25, 0.3) is 22.2 Å². The van der Waals surface area contributed by atoms with Crippen LogP contribution in [0.3, 0.4) is 0 Å². The van der Waals surface area contributed by atoms with Crippen molar-refractivity contribution in [1.29, 1.82) is 0 Å². The highest BCUT2D eigenvalue weighted by molar-refractivity contribution is 8.21. The first kappa shape index (κ1) is 18.8. The van der Waals surface area contributed by atoms with Crippen molar-refractivity contribution >= 4 is 46.1 Å². The molecule has 1 saturated heterocycles. The molecule has 0 spiro atoms. The quantitative estimate of drug-likeness (QED) is 0.376. The van der Waals surface area contributed by atoms with E-state index in [2.05, 4.69) is 9.97 Å². The van der Waals surface area contributed by atoms with E-state index >= 15 is 0 Å². The van der Waals surface area contributed by atoms with Crippen LogP contribution in [0.5, 0.6) is 0 Å². The molecule has 1 N–H and O–H groups in total. The number of hydrogen-bond acceptors (Lipinski definition) is 7. The van der Waals surface area contributed by atoms with Crippen molar-refractivity contribution in [2.24, 2.45) is 0 Å². The van der Waals surface area contributed by atoms with Gasteiger partial charge in [-0.15, -0.1) is 23.5 Å². The summed E-state index contributed by atoms with van der Waals surface area (Å²) in [4.78, 5) is 31.8. The van der Waals surface area contributed by atoms with Gasteiger partial charge < -0.3 is 9.72 Å². The number of ether oxygens (including phenoxy) is 1. The van der Waals surface area contributed by atoms with Gasteiger partial charge in [-0.25, -0.2) is 4.79 Å². The van der Waals surface area contributed by atoms with Gasteiger partial charge in [0.15, 0.2) is 4.08 Å². The maximum absolute atomic E-state index is 13.1. The highest BCUT2D eigenvalue weighted by Crippen LogP contribution is 2.57. The van der Waals surface area contributed by atoms with Crippen molar-refractivity contribution in [2.45, 2.75) is 11.0 Å². The fourth-order valence-electron chi connectivity index (χ4n) is 3.43. The lowest BCUT2D eigenvalue weighted by molar-refractivity contribution is -0.384. The number of nitro benzene ring substituents is 1. The number of nitrogens with zero attached hydrogens (tertiary/aromatic N) is 2. The lowest BCUT2D eigenvalue weighted by Gasteiger charge is -2.26. The number of rotatable bonds is 5. The lowest BCUT2D eigenvalue weighted by atomic mass is 10.0. The molecule has 1 aromatic carbocycles. The molecule has 9 heteroatoms. The van der Waals surface area contributed by atoms with E-state index in [1.165, 1.54) is 29.6 Å². The number of carbonyl (C=O) groups excluding carboxylic acids is 1. The molecule has 144 valence electrons. The third-order valence-corrected chi connectivity index (χ3v) is 7.87. The average Bonchev–Trinajstić information content (AvgIpc) is 3.33. The first-order valence-electron chi connectivity index (χ1n) is 8.73. The molecule has 0 bridgehead atoms. The van der Waals surface area contributed by atoms with Gasteiger partial charge in [0.1, 0.15) is 0 Å². The SMILES string of the molecule is CCOC(=O)C1(c2c(-c3ccccc3[N+](=O)[O-])[nH]c3ccncc23)SCCS1. The second-order valence-corrected chi connectivity index (χ2v) is 8.98. The van der Waals surface area contributed by atoms with E-state index in [0.717, 1.165) is 22.4 Å². The highest BCUT2D eigenvalue weighted by atomic mass is 32.2. The Bertz CT molecular complexity index is 1060. The van der Waals surface area contributed by atoms with E-state index in [0.29, 0.717) is 16.8 Å². The van der Waals surface area contributed by atoms with Crippen LogP contribution in [0.4, 0.5) is 5.69 Å². The number of hydrogen-bond donors (Lipinski definition) is 1. The molecule has 7 nitrogen and oxygen atoms in total. The zero-order valence-electron chi connectivity index (χ0n) is 15.0. The van der Waals surface area contributed by atoms with Crippen LogP contribution in [0.15, 0.2) is 42.7 Å². The summed E-state index contributed by atoms with van der Waals surface area (Å²) >= 11 is 3.01. The topological polar surface area (TPSA) is 98.1 Å². The van der Waals surface area contributed by atoms with Crippen molar-refractivity contribution < 1.29 is 14.5 Å². The van der Waals surface area contributed by atoms with Crippen LogP contribution in [0, 0.1) is 10.1 Å². The van der Waals surface area contributed by atoms with Crippen molar-refractivity contribution in [1.82, 2.24) is 9.97 Å². The fourth-order valence-corrected chi connectivity index (χ4v) is 6.57. The number of para-hydroxylation sites is 1. The van der Waals surface area contributed by atoms with Gasteiger partial charge in [-0.2, -0.15) is 0 Å². The van der Waals surface area contributed by atoms with Crippen LogP contribution in [-0.4, -0.2) is 39.0 Å². The summed E-state index contributed by atoms with van der Waals surface area (Å²) < 4.78 is 4.43. The number of carbonyl (C=O) groups is 1. The number of nitrogens with one attached hydrogen (secondary N) is 1. The van der Waals surface area contributed by atoms with Crippen LogP contribution in [-0.2, 0) is 13.6 Å². The Balaban J connectivity index is 2.05. The molecule has 3 heterocycles. The molecule has 3 aromatic rings. The molecular formula is C19H17N3O4S2. The Labute approximate surface area is 169 Å². The van der Waals surface area contributed by atoms with Crippen LogP contribution >= 0.6 is 23.5 Å². The highest BCUT2D eigenvalue weighted by Gasteiger charge is 2.50. The van der Waals surface area contributed by atoms with Gasteiger partial charge in [-0.3, -0.25) is 15.1 Å².